The van der Waals surface area contributed by atoms with Crippen LogP contribution < -0.4 is 5.56 Å². The maximum atomic E-state index is 13.2. The minimum Gasteiger partial charge on any atom is -0.268 e. The first kappa shape index (κ1) is 21.6. The minimum atomic E-state index is -4.51. The third-order valence-electron chi connectivity index (χ3n) is 4.45. The van der Waals surface area contributed by atoms with Crippen molar-refractivity contribution in [1.82, 2.24) is 9.55 Å². The highest BCUT2D eigenvalue weighted by Crippen LogP contribution is 2.34. The standard InChI is InChI=1S/C20H13Cl2F3N2OS2/c21-14-5-4-11(8-15(14)22)10-30-19-26-16-6-7-29-17(16)18(28)27(19)13-3-1-2-12(9-13)20(23,24)25/h1-5,8-9H,6-7,10H2. The molecule has 0 bridgehead atoms. The third kappa shape index (κ3) is 4.37. The molecular weight excluding hydrogens is 476 g/mol. The van der Waals surface area contributed by atoms with Crippen LogP contribution in [0.25, 0.3) is 5.69 Å². The summed E-state index contributed by atoms with van der Waals surface area (Å²) in [5, 5.41) is 1.17. The highest BCUT2D eigenvalue weighted by molar-refractivity contribution is 7.99. The molecule has 0 atom stereocenters. The molecule has 4 rings (SSSR count). The van der Waals surface area contributed by atoms with Crippen LogP contribution in [0, 0.1) is 0 Å². The number of fused-ring (bicyclic) bond motifs is 1. The van der Waals surface area contributed by atoms with Crippen LogP contribution in [0.2, 0.25) is 10.0 Å². The lowest BCUT2D eigenvalue weighted by atomic mass is 10.2. The smallest absolute Gasteiger partial charge is 0.268 e. The van der Waals surface area contributed by atoms with Crippen LogP contribution in [0.15, 0.2) is 57.3 Å². The molecule has 0 saturated carbocycles. The van der Waals surface area contributed by atoms with Crippen molar-refractivity contribution in [3.63, 3.8) is 0 Å². The maximum Gasteiger partial charge on any atom is 0.416 e. The van der Waals surface area contributed by atoms with Crippen LogP contribution in [-0.4, -0.2) is 15.3 Å². The Balaban J connectivity index is 1.78. The van der Waals surface area contributed by atoms with E-state index in [2.05, 4.69) is 4.98 Å². The van der Waals surface area contributed by atoms with Gasteiger partial charge in [-0.3, -0.25) is 9.36 Å². The van der Waals surface area contributed by atoms with Gasteiger partial charge in [-0.1, -0.05) is 47.1 Å². The average Bonchev–Trinajstić information content (AvgIpc) is 3.17. The van der Waals surface area contributed by atoms with Crippen molar-refractivity contribution in [2.75, 3.05) is 5.75 Å². The van der Waals surface area contributed by atoms with Crippen molar-refractivity contribution < 1.29 is 13.2 Å². The van der Waals surface area contributed by atoms with E-state index in [0.29, 0.717) is 38.0 Å². The van der Waals surface area contributed by atoms with Crippen LogP contribution in [0.1, 0.15) is 16.8 Å². The van der Waals surface area contributed by atoms with Crippen LogP contribution >= 0.6 is 46.7 Å². The van der Waals surface area contributed by atoms with E-state index in [4.69, 9.17) is 23.2 Å². The molecule has 2 heterocycles. The summed E-state index contributed by atoms with van der Waals surface area (Å²) in [5.41, 5.74) is 0.507. The molecule has 156 valence electrons. The molecule has 0 saturated heterocycles. The summed E-state index contributed by atoms with van der Waals surface area (Å²) in [6, 6.07) is 9.91. The Hall–Kier alpha value is -1.61. The predicted molar refractivity (Wildman–Crippen MR) is 115 cm³/mol. The molecule has 2 aromatic carbocycles. The molecule has 1 aliphatic heterocycles. The molecule has 0 N–H and O–H groups in total. The molecule has 0 spiro atoms. The largest absolute Gasteiger partial charge is 0.416 e. The van der Waals surface area contributed by atoms with Gasteiger partial charge in [0.1, 0.15) is 0 Å². The van der Waals surface area contributed by atoms with Gasteiger partial charge in [-0.25, -0.2) is 4.98 Å². The van der Waals surface area contributed by atoms with Crippen molar-refractivity contribution in [2.45, 2.75) is 28.4 Å². The Bertz CT molecular complexity index is 1180. The zero-order valence-corrected chi connectivity index (χ0v) is 18.3. The van der Waals surface area contributed by atoms with Crippen molar-refractivity contribution >= 4 is 46.7 Å². The summed E-state index contributed by atoms with van der Waals surface area (Å²) in [7, 11) is 0. The Morgan fingerprint density at radius 2 is 1.93 bits per heavy atom. The lowest BCUT2D eigenvalue weighted by Crippen LogP contribution is -2.24. The minimum absolute atomic E-state index is 0.134. The molecule has 1 aromatic heterocycles. The number of rotatable bonds is 4. The molecule has 0 amide bonds. The zero-order chi connectivity index (χ0) is 21.5. The summed E-state index contributed by atoms with van der Waals surface area (Å²) < 4.78 is 40.9. The van der Waals surface area contributed by atoms with Crippen molar-refractivity contribution in [3.05, 3.63) is 79.7 Å². The third-order valence-corrected chi connectivity index (χ3v) is 7.31. The quantitative estimate of drug-likeness (QED) is 0.310. The van der Waals surface area contributed by atoms with E-state index in [1.165, 1.54) is 40.2 Å². The highest BCUT2D eigenvalue weighted by Gasteiger charge is 2.31. The topological polar surface area (TPSA) is 34.9 Å². The van der Waals surface area contributed by atoms with Gasteiger partial charge in [-0.15, -0.1) is 11.8 Å². The van der Waals surface area contributed by atoms with Crippen LogP contribution in [0.3, 0.4) is 0 Å². The number of hydrogen-bond donors (Lipinski definition) is 0. The first-order valence-corrected chi connectivity index (χ1v) is 11.5. The fourth-order valence-corrected chi connectivity index (χ4v) is 5.33. The average molecular weight is 489 g/mol. The van der Waals surface area contributed by atoms with E-state index >= 15 is 0 Å². The molecule has 0 fully saturated rings. The lowest BCUT2D eigenvalue weighted by Gasteiger charge is -2.15. The first-order valence-electron chi connectivity index (χ1n) is 8.77. The maximum absolute atomic E-state index is 13.2. The lowest BCUT2D eigenvalue weighted by molar-refractivity contribution is -0.137. The normalized spacial score (nSPS) is 13.5. The van der Waals surface area contributed by atoms with Crippen molar-refractivity contribution in [2.24, 2.45) is 0 Å². The second-order valence-electron chi connectivity index (χ2n) is 6.49. The second-order valence-corrected chi connectivity index (χ2v) is 9.36. The first-order chi connectivity index (χ1) is 14.2. The second kappa shape index (κ2) is 8.49. The monoisotopic (exact) mass is 488 g/mol. The van der Waals surface area contributed by atoms with Gasteiger partial charge in [-0.05, 0) is 35.9 Å². The van der Waals surface area contributed by atoms with Crippen molar-refractivity contribution in [1.29, 1.82) is 0 Å². The summed E-state index contributed by atoms with van der Waals surface area (Å²) in [6.07, 6.45) is -3.86. The number of benzene rings is 2. The molecule has 1 aliphatic rings. The molecule has 3 nitrogen and oxygen atoms in total. The molecule has 10 heteroatoms. The SMILES string of the molecule is O=c1c2c(nc(SCc3ccc(Cl)c(Cl)c3)n1-c1cccc(C(F)(F)F)c1)CCS2. The molecule has 0 unspecified atom stereocenters. The summed E-state index contributed by atoms with van der Waals surface area (Å²) in [4.78, 5) is 18.2. The van der Waals surface area contributed by atoms with Gasteiger partial charge in [0.15, 0.2) is 5.16 Å². The number of aryl methyl sites for hydroxylation is 1. The number of hydrogen-bond acceptors (Lipinski definition) is 4. The van der Waals surface area contributed by atoms with Gasteiger partial charge in [0, 0.05) is 17.9 Å². The van der Waals surface area contributed by atoms with Crippen LogP contribution in [0.5, 0.6) is 0 Å². The fraction of sp³-hybridized carbons (Fsp3) is 0.200. The van der Waals surface area contributed by atoms with E-state index in [1.54, 1.807) is 18.2 Å². The number of halogens is 5. The number of nitrogens with zero attached hydrogens (tertiary/aromatic N) is 2. The van der Waals surface area contributed by atoms with Crippen molar-refractivity contribution in [3.8, 4) is 5.69 Å². The molecular formula is C20H13Cl2F3N2OS2. The van der Waals surface area contributed by atoms with Gasteiger partial charge in [-0.2, -0.15) is 13.2 Å². The highest BCUT2D eigenvalue weighted by atomic mass is 35.5. The summed E-state index contributed by atoms with van der Waals surface area (Å²) in [5.74, 6) is 1.15. The van der Waals surface area contributed by atoms with Crippen LogP contribution in [0.4, 0.5) is 13.2 Å². The van der Waals surface area contributed by atoms with Crippen LogP contribution in [-0.2, 0) is 18.3 Å². The Morgan fingerprint density at radius 1 is 1.13 bits per heavy atom. The van der Waals surface area contributed by atoms with Gasteiger partial charge >= 0.3 is 6.18 Å². The fourth-order valence-electron chi connectivity index (χ4n) is 3.02. The summed E-state index contributed by atoms with van der Waals surface area (Å²) in [6.45, 7) is 0. The molecule has 3 aromatic rings. The van der Waals surface area contributed by atoms with E-state index in [1.807, 2.05) is 0 Å². The van der Waals surface area contributed by atoms with Gasteiger partial charge < -0.3 is 0 Å². The van der Waals surface area contributed by atoms with Gasteiger partial charge in [0.05, 0.1) is 31.9 Å². The Labute approximate surface area is 188 Å². The van der Waals surface area contributed by atoms with Gasteiger partial charge in [0.2, 0.25) is 0 Å². The molecule has 0 radical (unpaired) electrons. The Morgan fingerprint density at radius 3 is 2.67 bits per heavy atom. The van der Waals surface area contributed by atoms with E-state index < -0.39 is 11.7 Å². The summed E-state index contributed by atoms with van der Waals surface area (Å²) >= 11 is 14.7. The molecule has 30 heavy (non-hydrogen) atoms. The number of aromatic nitrogens is 2. The van der Waals surface area contributed by atoms with Gasteiger partial charge in [0.25, 0.3) is 5.56 Å². The van der Waals surface area contributed by atoms with E-state index in [-0.39, 0.29) is 11.2 Å². The van der Waals surface area contributed by atoms with E-state index in [9.17, 15) is 18.0 Å². The number of alkyl halides is 3. The molecule has 0 aliphatic carbocycles. The van der Waals surface area contributed by atoms with E-state index in [0.717, 1.165) is 23.4 Å². The number of thioether (sulfide) groups is 2. The Kier molecular flexibility index (Phi) is 6.12. The zero-order valence-electron chi connectivity index (χ0n) is 15.2. The predicted octanol–water partition coefficient (Wildman–Crippen LogP) is 6.50.